The fourth-order valence-corrected chi connectivity index (χ4v) is 10.1. The van der Waals surface area contributed by atoms with E-state index in [-0.39, 0.29) is 5.41 Å². The summed E-state index contributed by atoms with van der Waals surface area (Å²) in [6, 6.07) is 49.3. The van der Waals surface area contributed by atoms with Crippen molar-refractivity contribution in [1.82, 2.24) is 0 Å². The van der Waals surface area contributed by atoms with Crippen LogP contribution in [-0.2, 0) is 11.8 Å². The molecule has 3 aliphatic rings. The molecule has 2 heterocycles. The van der Waals surface area contributed by atoms with Crippen LogP contribution in [0.2, 0.25) is 0 Å². The molecule has 0 fully saturated rings. The lowest BCUT2D eigenvalue weighted by molar-refractivity contribution is 0.546. The van der Waals surface area contributed by atoms with E-state index < -0.39 is 0 Å². The predicted octanol–water partition coefficient (Wildman–Crippen LogP) is 15.5. The Kier molecular flexibility index (Phi) is 7.23. The van der Waals surface area contributed by atoms with Gasteiger partial charge < -0.3 is 13.7 Å². The molecule has 0 amide bonds. The second kappa shape index (κ2) is 12.6. The summed E-state index contributed by atoms with van der Waals surface area (Å²) < 4.78 is 13.8. The van der Waals surface area contributed by atoms with Gasteiger partial charge in [-0.2, -0.15) is 0 Å². The molecule has 0 spiro atoms. The molecule has 9 aromatic rings. The van der Waals surface area contributed by atoms with Gasteiger partial charge in [0, 0.05) is 62.1 Å². The SMILES string of the molecule is CC1(C)c2ccccc2-c2ccc(N(c3ccc4ccccc4c3)c3ccc4oc5c(-c6cccc(C7C=CC=CC7)c6)c6c7c(oc6cc5c4c3)CCC=C7)cc21. The summed E-state index contributed by atoms with van der Waals surface area (Å²) in [5, 5.41) is 5.69. The van der Waals surface area contributed by atoms with Crippen molar-refractivity contribution in [2.75, 3.05) is 4.90 Å². The highest BCUT2D eigenvalue weighted by Crippen LogP contribution is 2.52. The number of benzene rings is 7. The van der Waals surface area contributed by atoms with Crippen LogP contribution in [-0.4, -0.2) is 0 Å². The van der Waals surface area contributed by atoms with E-state index in [0.717, 1.165) is 86.1 Å². The number of allylic oxidation sites excluding steroid dienone is 5. The molecular formula is C55H41NO2. The van der Waals surface area contributed by atoms with Crippen LogP contribution in [0.1, 0.15) is 60.6 Å². The van der Waals surface area contributed by atoms with Gasteiger partial charge in [0.2, 0.25) is 0 Å². The zero-order chi connectivity index (χ0) is 38.5. The van der Waals surface area contributed by atoms with Gasteiger partial charge in [0.05, 0.1) is 0 Å². The zero-order valence-corrected chi connectivity index (χ0v) is 32.6. The number of nitrogens with zero attached hydrogens (tertiary/aromatic N) is 1. The summed E-state index contributed by atoms with van der Waals surface area (Å²) in [5.41, 5.74) is 15.9. The molecule has 3 heteroatoms. The third-order valence-corrected chi connectivity index (χ3v) is 13.0. The maximum Gasteiger partial charge on any atom is 0.144 e. The first-order valence-corrected chi connectivity index (χ1v) is 20.6. The first-order chi connectivity index (χ1) is 28.5. The van der Waals surface area contributed by atoms with Crippen LogP contribution in [0.25, 0.3) is 72.0 Å². The monoisotopic (exact) mass is 747 g/mol. The van der Waals surface area contributed by atoms with Gasteiger partial charge in [0.25, 0.3) is 0 Å². The molecule has 1 atom stereocenters. The molecule has 0 aliphatic heterocycles. The highest BCUT2D eigenvalue weighted by Gasteiger charge is 2.36. The Morgan fingerprint density at radius 3 is 2.34 bits per heavy atom. The molecule has 1 unspecified atom stereocenters. The van der Waals surface area contributed by atoms with Gasteiger partial charge >= 0.3 is 0 Å². The standard InChI is InChI=1S/C55H41NO2/c1-55(2)47-21-10-8-19-42(47)43-27-25-41(32-48(43)55)56(39-24-23-35-15-6-7-16-37(35)30-39)40-26-28-50-45(31-40)46-33-51-53(44-20-9-11-22-49(44)57-51)52(54(46)58-50)38-18-12-17-36(29-38)34-13-4-3-5-14-34/h3-10,12-13,15-21,23-34H,11,14,22H2,1-2H3. The third-order valence-electron chi connectivity index (χ3n) is 13.0. The smallest absolute Gasteiger partial charge is 0.144 e. The number of furan rings is 2. The summed E-state index contributed by atoms with van der Waals surface area (Å²) >= 11 is 0. The molecule has 7 aromatic carbocycles. The topological polar surface area (TPSA) is 29.5 Å². The Hall–Kier alpha value is -6.84. The molecule has 278 valence electrons. The van der Waals surface area contributed by atoms with Crippen LogP contribution in [0, 0.1) is 0 Å². The van der Waals surface area contributed by atoms with E-state index in [1.54, 1.807) is 0 Å². The molecule has 3 aliphatic carbocycles. The Labute approximate surface area is 337 Å². The third kappa shape index (κ3) is 4.99. The molecule has 58 heavy (non-hydrogen) atoms. The van der Waals surface area contributed by atoms with Gasteiger partial charge in [-0.25, -0.2) is 0 Å². The Bertz CT molecular complexity index is 3260. The van der Waals surface area contributed by atoms with E-state index >= 15 is 0 Å². The number of aryl methyl sites for hydroxylation is 1. The minimum atomic E-state index is -0.123. The van der Waals surface area contributed by atoms with E-state index in [2.05, 4.69) is 189 Å². The molecule has 12 rings (SSSR count). The summed E-state index contributed by atoms with van der Waals surface area (Å²) in [7, 11) is 0. The molecule has 0 N–H and O–H groups in total. The van der Waals surface area contributed by atoms with Gasteiger partial charge in [-0.05, 0) is 106 Å². The van der Waals surface area contributed by atoms with Crippen molar-refractivity contribution in [2.45, 2.75) is 44.4 Å². The van der Waals surface area contributed by atoms with E-state index in [0.29, 0.717) is 5.92 Å². The second-order valence-corrected chi connectivity index (χ2v) is 16.7. The summed E-state index contributed by atoms with van der Waals surface area (Å²) in [6.07, 6.45) is 16.3. The summed E-state index contributed by atoms with van der Waals surface area (Å²) in [5.74, 6) is 1.40. The summed E-state index contributed by atoms with van der Waals surface area (Å²) in [4.78, 5) is 2.41. The molecule has 0 saturated heterocycles. The molecular weight excluding hydrogens is 707 g/mol. The fraction of sp³-hybridized carbons (Fsp3) is 0.127. The van der Waals surface area contributed by atoms with Gasteiger partial charge in [0.1, 0.15) is 22.5 Å². The Morgan fingerprint density at radius 2 is 1.43 bits per heavy atom. The molecule has 0 saturated carbocycles. The van der Waals surface area contributed by atoms with Crippen LogP contribution in [0.3, 0.4) is 0 Å². The normalized spacial score (nSPS) is 16.3. The highest BCUT2D eigenvalue weighted by molar-refractivity contribution is 6.19. The van der Waals surface area contributed by atoms with Crippen molar-refractivity contribution < 1.29 is 8.83 Å². The minimum absolute atomic E-state index is 0.123. The van der Waals surface area contributed by atoms with Crippen molar-refractivity contribution in [3.8, 4) is 22.3 Å². The average Bonchev–Trinajstić information content (AvgIpc) is 3.90. The van der Waals surface area contributed by atoms with E-state index in [1.165, 1.54) is 44.2 Å². The van der Waals surface area contributed by atoms with Crippen LogP contribution < -0.4 is 4.90 Å². The quantitative estimate of drug-likeness (QED) is 0.176. The predicted molar refractivity (Wildman–Crippen MR) is 242 cm³/mol. The molecule has 0 bridgehead atoms. The van der Waals surface area contributed by atoms with E-state index in [1.807, 2.05) is 0 Å². The van der Waals surface area contributed by atoms with Gasteiger partial charge in [-0.1, -0.05) is 135 Å². The number of hydrogen-bond acceptors (Lipinski definition) is 3. The van der Waals surface area contributed by atoms with Gasteiger partial charge in [-0.3, -0.25) is 0 Å². The lowest BCUT2D eigenvalue weighted by Crippen LogP contribution is -2.16. The highest BCUT2D eigenvalue weighted by atomic mass is 16.3. The van der Waals surface area contributed by atoms with Gasteiger partial charge in [0.15, 0.2) is 0 Å². The molecule has 2 aromatic heterocycles. The van der Waals surface area contributed by atoms with Crippen molar-refractivity contribution in [2.24, 2.45) is 0 Å². The van der Waals surface area contributed by atoms with Crippen molar-refractivity contribution in [3.05, 3.63) is 192 Å². The van der Waals surface area contributed by atoms with Crippen LogP contribution in [0.15, 0.2) is 173 Å². The lowest BCUT2D eigenvalue weighted by atomic mass is 9.82. The summed E-state index contributed by atoms with van der Waals surface area (Å²) in [6.45, 7) is 4.70. The number of rotatable bonds is 5. The fourth-order valence-electron chi connectivity index (χ4n) is 10.1. The number of fused-ring (bicyclic) bond motifs is 10. The average molecular weight is 748 g/mol. The van der Waals surface area contributed by atoms with Crippen molar-refractivity contribution in [3.63, 3.8) is 0 Å². The minimum Gasteiger partial charge on any atom is -0.460 e. The van der Waals surface area contributed by atoms with Crippen molar-refractivity contribution in [1.29, 1.82) is 0 Å². The molecule has 3 nitrogen and oxygen atoms in total. The first-order valence-electron chi connectivity index (χ1n) is 20.6. The second-order valence-electron chi connectivity index (χ2n) is 16.7. The largest absolute Gasteiger partial charge is 0.460 e. The van der Waals surface area contributed by atoms with E-state index in [4.69, 9.17) is 8.83 Å². The van der Waals surface area contributed by atoms with E-state index in [9.17, 15) is 0 Å². The number of anilines is 3. The Balaban J connectivity index is 1.08. The maximum absolute atomic E-state index is 7.01. The van der Waals surface area contributed by atoms with Crippen LogP contribution in [0.5, 0.6) is 0 Å². The number of hydrogen-bond donors (Lipinski definition) is 0. The lowest BCUT2D eigenvalue weighted by Gasteiger charge is -2.28. The van der Waals surface area contributed by atoms with Crippen molar-refractivity contribution >= 4 is 66.8 Å². The van der Waals surface area contributed by atoms with Gasteiger partial charge in [-0.15, -0.1) is 0 Å². The van der Waals surface area contributed by atoms with Crippen LogP contribution >= 0.6 is 0 Å². The Morgan fingerprint density at radius 1 is 0.621 bits per heavy atom. The zero-order valence-electron chi connectivity index (χ0n) is 32.6. The maximum atomic E-state index is 7.01. The van der Waals surface area contributed by atoms with Crippen LogP contribution in [0.4, 0.5) is 17.1 Å². The first kappa shape index (κ1) is 33.3. The molecule has 0 radical (unpaired) electrons.